The number of benzene rings is 2. The number of nitro benzene ring substituents is 1. The van der Waals surface area contributed by atoms with Crippen LogP contribution in [0.3, 0.4) is 0 Å². The van der Waals surface area contributed by atoms with E-state index in [9.17, 15) is 19.7 Å². The van der Waals surface area contributed by atoms with Crippen LogP contribution in [0.1, 0.15) is 30.9 Å². The lowest BCUT2D eigenvalue weighted by atomic mass is 9.98. The Hall–Kier alpha value is -2.94. The first-order valence-corrected chi connectivity index (χ1v) is 9.59. The predicted molar refractivity (Wildman–Crippen MR) is 111 cm³/mol. The number of esters is 1. The van der Waals surface area contributed by atoms with E-state index >= 15 is 0 Å². The molecule has 2 rings (SSSR count). The number of carbonyl (C=O) groups excluding carboxylic acids is 2. The van der Waals surface area contributed by atoms with E-state index in [4.69, 9.17) is 9.47 Å². The van der Waals surface area contributed by atoms with Crippen LogP contribution in [0.4, 0.5) is 11.4 Å². The molecule has 2 aromatic carbocycles. The number of halogens is 1. The molecule has 0 unspecified atom stereocenters. The lowest BCUT2D eigenvalue weighted by molar-refractivity contribution is -0.384. The number of carbonyl (C=O) groups is 2. The topological polar surface area (TPSA) is 108 Å². The van der Waals surface area contributed by atoms with Crippen molar-refractivity contribution in [2.75, 3.05) is 18.5 Å². The fourth-order valence-corrected chi connectivity index (χ4v) is 3.09. The van der Waals surface area contributed by atoms with Gasteiger partial charge in [-0.2, -0.15) is 0 Å². The third-order valence-corrected chi connectivity index (χ3v) is 4.68. The third kappa shape index (κ3) is 6.56. The van der Waals surface area contributed by atoms with Gasteiger partial charge in [-0.3, -0.25) is 14.9 Å². The predicted octanol–water partition coefficient (Wildman–Crippen LogP) is 4.35. The molecule has 0 bridgehead atoms. The quantitative estimate of drug-likeness (QED) is 0.353. The molecule has 0 atom stereocenters. The molecule has 29 heavy (non-hydrogen) atoms. The Labute approximate surface area is 176 Å². The molecule has 0 aromatic heterocycles. The average molecular weight is 465 g/mol. The standard InChI is InChI=1S/C20H21BrN2O6/c1-12(2)16-6-5-15(8-13(16)3)28-11-20(25)29-10-19(24)22-18-7-4-14(23(26)27)9-17(18)21/h4-9,12H,10-11H2,1-3H3,(H,22,24). The molecule has 0 aliphatic carbocycles. The summed E-state index contributed by atoms with van der Waals surface area (Å²) in [6.07, 6.45) is 0. The Bertz CT molecular complexity index is 929. The van der Waals surface area contributed by atoms with Gasteiger partial charge < -0.3 is 14.8 Å². The molecule has 8 nitrogen and oxygen atoms in total. The van der Waals surface area contributed by atoms with Gasteiger partial charge in [-0.1, -0.05) is 19.9 Å². The van der Waals surface area contributed by atoms with E-state index in [0.717, 1.165) is 5.56 Å². The molecule has 1 amide bonds. The van der Waals surface area contributed by atoms with Crippen molar-refractivity contribution in [3.05, 3.63) is 62.1 Å². The van der Waals surface area contributed by atoms with Crippen molar-refractivity contribution in [2.24, 2.45) is 0 Å². The number of hydrogen-bond donors (Lipinski definition) is 1. The van der Waals surface area contributed by atoms with Crippen molar-refractivity contribution < 1.29 is 24.0 Å². The molecule has 0 saturated heterocycles. The number of ether oxygens (including phenoxy) is 2. The van der Waals surface area contributed by atoms with E-state index in [1.165, 1.54) is 23.8 Å². The molecule has 0 heterocycles. The van der Waals surface area contributed by atoms with Crippen molar-refractivity contribution in [3.8, 4) is 5.75 Å². The van der Waals surface area contributed by atoms with Crippen LogP contribution in [0, 0.1) is 17.0 Å². The lowest BCUT2D eigenvalue weighted by Gasteiger charge is -2.12. The molecular weight excluding hydrogens is 444 g/mol. The van der Waals surface area contributed by atoms with Gasteiger partial charge in [0.2, 0.25) is 0 Å². The number of non-ortho nitro benzene ring substituents is 1. The second-order valence-corrected chi connectivity index (χ2v) is 7.45. The number of hydrogen-bond acceptors (Lipinski definition) is 6. The Morgan fingerprint density at radius 2 is 1.90 bits per heavy atom. The maximum atomic E-state index is 11.9. The van der Waals surface area contributed by atoms with Crippen molar-refractivity contribution in [1.29, 1.82) is 0 Å². The molecule has 154 valence electrons. The second kappa shape index (κ2) is 10.0. The summed E-state index contributed by atoms with van der Waals surface area (Å²) >= 11 is 3.15. The van der Waals surface area contributed by atoms with E-state index in [1.807, 2.05) is 19.1 Å². The van der Waals surface area contributed by atoms with Gasteiger partial charge in [0, 0.05) is 16.6 Å². The first-order chi connectivity index (χ1) is 13.7. The van der Waals surface area contributed by atoms with Gasteiger partial charge in [0.1, 0.15) is 5.75 Å². The van der Waals surface area contributed by atoms with Gasteiger partial charge in [0.25, 0.3) is 11.6 Å². The van der Waals surface area contributed by atoms with Crippen LogP contribution < -0.4 is 10.1 Å². The molecule has 0 saturated carbocycles. The Kier molecular flexibility index (Phi) is 7.72. The third-order valence-electron chi connectivity index (χ3n) is 4.02. The summed E-state index contributed by atoms with van der Waals surface area (Å²) in [4.78, 5) is 33.9. The Balaban J connectivity index is 1.81. The Morgan fingerprint density at radius 1 is 1.17 bits per heavy atom. The highest BCUT2D eigenvalue weighted by Crippen LogP contribution is 2.27. The zero-order chi connectivity index (χ0) is 21.6. The van der Waals surface area contributed by atoms with E-state index in [2.05, 4.69) is 35.1 Å². The zero-order valence-corrected chi connectivity index (χ0v) is 17.8. The molecule has 0 radical (unpaired) electrons. The number of amides is 1. The highest BCUT2D eigenvalue weighted by molar-refractivity contribution is 9.10. The first kappa shape index (κ1) is 22.4. The lowest BCUT2D eigenvalue weighted by Crippen LogP contribution is -2.23. The number of nitrogens with zero attached hydrogens (tertiary/aromatic N) is 1. The van der Waals surface area contributed by atoms with Gasteiger partial charge in [-0.15, -0.1) is 0 Å². The molecule has 9 heteroatoms. The minimum atomic E-state index is -0.687. The number of nitro groups is 1. The summed E-state index contributed by atoms with van der Waals surface area (Å²) < 4.78 is 10.6. The monoisotopic (exact) mass is 464 g/mol. The summed E-state index contributed by atoms with van der Waals surface area (Å²) in [5, 5.41) is 13.2. The van der Waals surface area contributed by atoms with Crippen LogP contribution in [0.15, 0.2) is 40.9 Å². The normalized spacial score (nSPS) is 10.5. The molecule has 0 spiro atoms. The average Bonchev–Trinajstić information content (AvgIpc) is 2.65. The van der Waals surface area contributed by atoms with Crippen LogP contribution in [0.25, 0.3) is 0 Å². The fourth-order valence-electron chi connectivity index (χ4n) is 2.62. The zero-order valence-electron chi connectivity index (χ0n) is 16.2. The molecule has 2 aromatic rings. The van der Waals surface area contributed by atoms with Gasteiger partial charge in [-0.05, 0) is 58.1 Å². The van der Waals surface area contributed by atoms with E-state index < -0.39 is 23.4 Å². The summed E-state index contributed by atoms with van der Waals surface area (Å²) in [5.74, 6) is -0.329. The Morgan fingerprint density at radius 3 is 2.48 bits per heavy atom. The molecule has 0 aliphatic heterocycles. The van der Waals surface area contributed by atoms with Crippen molar-refractivity contribution in [1.82, 2.24) is 0 Å². The highest BCUT2D eigenvalue weighted by atomic mass is 79.9. The SMILES string of the molecule is Cc1cc(OCC(=O)OCC(=O)Nc2ccc([N+](=O)[O-])cc2Br)ccc1C(C)C. The second-order valence-electron chi connectivity index (χ2n) is 6.59. The number of aryl methyl sites for hydroxylation is 1. The molecule has 1 N–H and O–H groups in total. The summed E-state index contributed by atoms with van der Waals surface area (Å²) in [7, 11) is 0. The van der Waals surface area contributed by atoms with E-state index in [1.54, 1.807) is 6.07 Å². The first-order valence-electron chi connectivity index (χ1n) is 8.80. The van der Waals surface area contributed by atoms with Gasteiger partial charge in [0.05, 0.1) is 10.6 Å². The number of nitrogens with one attached hydrogen (secondary N) is 1. The van der Waals surface area contributed by atoms with Gasteiger partial charge in [-0.25, -0.2) is 4.79 Å². The highest BCUT2D eigenvalue weighted by Gasteiger charge is 2.13. The van der Waals surface area contributed by atoms with E-state index in [0.29, 0.717) is 21.8 Å². The van der Waals surface area contributed by atoms with Crippen LogP contribution in [0.5, 0.6) is 5.75 Å². The minimum absolute atomic E-state index is 0.116. The fraction of sp³-hybridized carbons (Fsp3) is 0.300. The van der Waals surface area contributed by atoms with Crippen LogP contribution in [0.2, 0.25) is 0 Å². The maximum Gasteiger partial charge on any atom is 0.344 e. The van der Waals surface area contributed by atoms with E-state index in [-0.39, 0.29) is 12.3 Å². The smallest absolute Gasteiger partial charge is 0.344 e. The number of rotatable bonds is 8. The van der Waals surface area contributed by atoms with Gasteiger partial charge >= 0.3 is 5.97 Å². The van der Waals surface area contributed by atoms with Crippen LogP contribution >= 0.6 is 15.9 Å². The molecule has 0 aliphatic rings. The molecule has 0 fully saturated rings. The summed E-state index contributed by atoms with van der Waals surface area (Å²) in [6.45, 7) is 5.34. The maximum absolute atomic E-state index is 11.9. The van der Waals surface area contributed by atoms with Crippen LogP contribution in [-0.4, -0.2) is 30.0 Å². The van der Waals surface area contributed by atoms with Gasteiger partial charge in [0.15, 0.2) is 13.2 Å². The van der Waals surface area contributed by atoms with Crippen LogP contribution in [-0.2, 0) is 14.3 Å². The number of anilines is 1. The molecular formula is C20H21BrN2O6. The van der Waals surface area contributed by atoms with Crippen molar-refractivity contribution in [2.45, 2.75) is 26.7 Å². The van der Waals surface area contributed by atoms with Crippen molar-refractivity contribution in [3.63, 3.8) is 0 Å². The summed E-state index contributed by atoms with van der Waals surface area (Å²) in [5.41, 5.74) is 2.48. The largest absolute Gasteiger partial charge is 0.482 e. The minimum Gasteiger partial charge on any atom is -0.482 e. The van der Waals surface area contributed by atoms with Crippen molar-refractivity contribution >= 4 is 39.2 Å². The summed E-state index contributed by atoms with van der Waals surface area (Å²) in [6, 6.07) is 9.50.